The zero-order valence-corrected chi connectivity index (χ0v) is 16.2. The number of rotatable bonds is 7. The average Bonchev–Trinajstić information content (AvgIpc) is 2.66. The highest BCUT2D eigenvalue weighted by Crippen LogP contribution is 2.25. The van der Waals surface area contributed by atoms with Crippen molar-refractivity contribution in [2.45, 2.75) is 33.1 Å². The van der Waals surface area contributed by atoms with Crippen LogP contribution in [0.25, 0.3) is 0 Å². The number of piperidine rings is 1. The predicted octanol–water partition coefficient (Wildman–Crippen LogP) is 2.72. The maximum absolute atomic E-state index is 12.8. The van der Waals surface area contributed by atoms with Gasteiger partial charge in [-0.05, 0) is 37.3 Å². The lowest BCUT2D eigenvalue weighted by atomic mass is 9.95. The van der Waals surface area contributed by atoms with Crippen LogP contribution in [-0.2, 0) is 4.79 Å². The number of methoxy groups -OCH3 is 2. The highest BCUT2D eigenvalue weighted by Gasteiger charge is 2.28. The number of carbonyl (C=O) groups excluding carboxylic acids is 2. The molecule has 0 bridgehead atoms. The number of amides is 2. The first kappa shape index (κ1) is 20.1. The van der Waals surface area contributed by atoms with Gasteiger partial charge < -0.3 is 19.7 Å². The minimum Gasteiger partial charge on any atom is -0.497 e. The van der Waals surface area contributed by atoms with Crippen molar-refractivity contribution in [1.29, 1.82) is 0 Å². The Bertz CT molecular complexity index is 600. The van der Waals surface area contributed by atoms with Gasteiger partial charge in [-0.1, -0.05) is 13.8 Å². The smallest absolute Gasteiger partial charge is 0.254 e. The van der Waals surface area contributed by atoms with E-state index in [4.69, 9.17) is 9.47 Å². The number of hydrogen-bond acceptors (Lipinski definition) is 4. The predicted molar refractivity (Wildman–Crippen MR) is 101 cm³/mol. The lowest BCUT2D eigenvalue weighted by molar-refractivity contribution is -0.126. The summed E-state index contributed by atoms with van der Waals surface area (Å²) in [5.74, 6) is 1.81. The van der Waals surface area contributed by atoms with Gasteiger partial charge in [0.05, 0.1) is 14.2 Å². The molecular weight excluding hydrogens is 332 g/mol. The molecule has 0 aliphatic carbocycles. The van der Waals surface area contributed by atoms with E-state index in [1.54, 1.807) is 37.3 Å². The van der Waals surface area contributed by atoms with Crippen LogP contribution < -0.4 is 14.8 Å². The van der Waals surface area contributed by atoms with Gasteiger partial charge in [0, 0.05) is 37.2 Å². The Labute approximate surface area is 155 Å². The fraction of sp³-hybridized carbons (Fsp3) is 0.600. The molecule has 6 heteroatoms. The first-order valence-electron chi connectivity index (χ1n) is 9.24. The molecule has 0 aromatic heterocycles. The molecule has 1 heterocycles. The molecule has 1 aliphatic rings. The van der Waals surface area contributed by atoms with E-state index in [-0.39, 0.29) is 17.7 Å². The molecule has 0 saturated carbocycles. The van der Waals surface area contributed by atoms with E-state index < -0.39 is 0 Å². The third-order valence-electron chi connectivity index (χ3n) is 4.77. The zero-order valence-electron chi connectivity index (χ0n) is 16.2. The van der Waals surface area contributed by atoms with E-state index in [0.717, 1.165) is 13.0 Å². The minimum atomic E-state index is -0.0548. The highest BCUT2D eigenvalue weighted by atomic mass is 16.5. The van der Waals surface area contributed by atoms with Gasteiger partial charge in [0.1, 0.15) is 11.5 Å². The summed E-state index contributed by atoms with van der Waals surface area (Å²) >= 11 is 0. The first-order valence-corrected chi connectivity index (χ1v) is 9.24. The molecule has 0 unspecified atom stereocenters. The monoisotopic (exact) mass is 362 g/mol. The van der Waals surface area contributed by atoms with Gasteiger partial charge in [-0.15, -0.1) is 0 Å². The molecule has 144 valence electrons. The summed E-state index contributed by atoms with van der Waals surface area (Å²) in [5, 5.41) is 3.01. The van der Waals surface area contributed by atoms with Gasteiger partial charge >= 0.3 is 0 Å². The highest BCUT2D eigenvalue weighted by molar-refractivity contribution is 5.95. The molecule has 2 rings (SSSR count). The molecule has 1 aromatic carbocycles. The fourth-order valence-corrected chi connectivity index (χ4v) is 3.09. The van der Waals surface area contributed by atoms with Gasteiger partial charge in [0.2, 0.25) is 5.91 Å². The van der Waals surface area contributed by atoms with Crippen LogP contribution in [0, 0.1) is 11.8 Å². The Morgan fingerprint density at radius 2 is 1.69 bits per heavy atom. The van der Waals surface area contributed by atoms with Crippen LogP contribution in [0.2, 0.25) is 0 Å². The van der Waals surface area contributed by atoms with Crippen molar-refractivity contribution in [2.24, 2.45) is 11.8 Å². The second-order valence-electron chi connectivity index (χ2n) is 7.14. The van der Waals surface area contributed by atoms with Crippen molar-refractivity contribution in [3.63, 3.8) is 0 Å². The van der Waals surface area contributed by atoms with Crippen LogP contribution in [-0.4, -0.2) is 50.6 Å². The maximum atomic E-state index is 12.8. The summed E-state index contributed by atoms with van der Waals surface area (Å²) < 4.78 is 10.5. The van der Waals surface area contributed by atoms with E-state index in [0.29, 0.717) is 48.9 Å². The molecule has 0 atom stereocenters. The SMILES string of the molecule is COc1cc(OC)cc(C(=O)N2CCC(C(=O)NCCC(C)C)CC2)c1. The number of carbonyl (C=O) groups is 2. The Balaban J connectivity index is 1.91. The third kappa shape index (κ3) is 5.38. The van der Waals surface area contributed by atoms with Gasteiger partial charge in [-0.25, -0.2) is 0 Å². The number of hydrogen-bond donors (Lipinski definition) is 1. The van der Waals surface area contributed by atoms with E-state index in [2.05, 4.69) is 19.2 Å². The number of benzene rings is 1. The second kappa shape index (κ2) is 9.46. The second-order valence-corrected chi connectivity index (χ2v) is 7.14. The molecule has 26 heavy (non-hydrogen) atoms. The van der Waals surface area contributed by atoms with Crippen molar-refractivity contribution in [1.82, 2.24) is 10.2 Å². The number of nitrogens with one attached hydrogen (secondary N) is 1. The van der Waals surface area contributed by atoms with Crippen molar-refractivity contribution in [3.8, 4) is 11.5 Å². The molecule has 1 aromatic rings. The summed E-state index contributed by atoms with van der Waals surface area (Å²) in [5.41, 5.74) is 0.543. The number of likely N-dealkylation sites (tertiary alicyclic amines) is 1. The average molecular weight is 362 g/mol. The third-order valence-corrected chi connectivity index (χ3v) is 4.77. The van der Waals surface area contributed by atoms with Gasteiger partial charge in [0.15, 0.2) is 0 Å². The Kier molecular flexibility index (Phi) is 7.30. The molecule has 6 nitrogen and oxygen atoms in total. The molecule has 0 radical (unpaired) electrons. The molecule has 1 fully saturated rings. The van der Waals surface area contributed by atoms with Crippen LogP contribution in [0.3, 0.4) is 0 Å². The van der Waals surface area contributed by atoms with E-state index in [1.165, 1.54) is 0 Å². The molecule has 1 aliphatic heterocycles. The van der Waals surface area contributed by atoms with E-state index in [9.17, 15) is 9.59 Å². The molecule has 0 spiro atoms. The molecule has 2 amide bonds. The lowest BCUT2D eigenvalue weighted by Gasteiger charge is -2.31. The summed E-state index contributed by atoms with van der Waals surface area (Å²) in [6.07, 6.45) is 2.38. The van der Waals surface area contributed by atoms with Gasteiger partial charge in [-0.2, -0.15) is 0 Å². The van der Waals surface area contributed by atoms with Crippen LogP contribution in [0.1, 0.15) is 43.5 Å². The molecule has 1 N–H and O–H groups in total. The summed E-state index contributed by atoms with van der Waals surface area (Å²) in [6.45, 7) is 6.17. The Hall–Kier alpha value is -2.24. The largest absolute Gasteiger partial charge is 0.497 e. The Morgan fingerprint density at radius 3 is 2.19 bits per heavy atom. The van der Waals surface area contributed by atoms with Crippen LogP contribution in [0.5, 0.6) is 11.5 Å². The summed E-state index contributed by atoms with van der Waals surface area (Å²) in [4.78, 5) is 26.8. The van der Waals surface area contributed by atoms with Crippen LogP contribution >= 0.6 is 0 Å². The zero-order chi connectivity index (χ0) is 19.1. The van der Waals surface area contributed by atoms with Crippen molar-refractivity contribution >= 4 is 11.8 Å². The minimum absolute atomic E-state index is 0.00828. The summed E-state index contributed by atoms with van der Waals surface area (Å²) in [7, 11) is 3.12. The molecule has 1 saturated heterocycles. The standard InChI is InChI=1S/C20H30N2O4/c1-14(2)5-8-21-19(23)15-6-9-22(10-7-15)20(24)16-11-17(25-3)13-18(12-16)26-4/h11-15H,5-10H2,1-4H3,(H,21,23). The van der Waals surface area contributed by atoms with Crippen LogP contribution in [0.15, 0.2) is 18.2 Å². The Morgan fingerprint density at radius 1 is 1.12 bits per heavy atom. The topological polar surface area (TPSA) is 67.9 Å². The van der Waals surface area contributed by atoms with Crippen LogP contribution in [0.4, 0.5) is 0 Å². The number of nitrogens with zero attached hydrogens (tertiary/aromatic N) is 1. The normalized spacial score (nSPS) is 15.0. The van der Waals surface area contributed by atoms with E-state index >= 15 is 0 Å². The van der Waals surface area contributed by atoms with Crippen molar-refractivity contribution in [3.05, 3.63) is 23.8 Å². The molecular formula is C20H30N2O4. The van der Waals surface area contributed by atoms with Gasteiger partial charge in [-0.3, -0.25) is 9.59 Å². The summed E-state index contributed by atoms with van der Waals surface area (Å²) in [6, 6.07) is 5.18. The first-order chi connectivity index (χ1) is 12.4. The van der Waals surface area contributed by atoms with Crippen molar-refractivity contribution in [2.75, 3.05) is 33.9 Å². The number of ether oxygens (including phenoxy) is 2. The lowest BCUT2D eigenvalue weighted by Crippen LogP contribution is -2.43. The van der Waals surface area contributed by atoms with E-state index in [1.807, 2.05) is 0 Å². The quantitative estimate of drug-likeness (QED) is 0.810. The van der Waals surface area contributed by atoms with Crippen molar-refractivity contribution < 1.29 is 19.1 Å². The maximum Gasteiger partial charge on any atom is 0.254 e. The fourth-order valence-electron chi connectivity index (χ4n) is 3.09. The van der Waals surface area contributed by atoms with Gasteiger partial charge in [0.25, 0.3) is 5.91 Å².